The number of halogens is 1. The second kappa shape index (κ2) is 5.61. The average molecular weight is 270 g/mol. The third-order valence-electron chi connectivity index (χ3n) is 2.29. The molecule has 0 N–H and O–H groups in total. The number of carbonyl (C=O) groups excluding carboxylic acids is 1. The minimum atomic E-state index is -0.774. The molecule has 0 saturated heterocycles. The van der Waals surface area contributed by atoms with Crippen LogP contribution in [-0.2, 0) is 9.53 Å². The van der Waals surface area contributed by atoms with Crippen LogP contribution < -0.4 is 4.90 Å². The lowest BCUT2D eigenvalue weighted by Crippen LogP contribution is -2.26. The predicted molar refractivity (Wildman–Crippen MR) is 75.2 cm³/mol. The van der Waals surface area contributed by atoms with Crippen molar-refractivity contribution in [2.24, 2.45) is 0 Å². The van der Waals surface area contributed by atoms with Gasteiger partial charge in [-0.3, -0.25) is 4.79 Å². The van der Waals surface area contributed by atoms with E-state index in [1.807, 2.05) is 64.0 Å². The van der Waals surface area contributed by atoms with Crippen molar-refractivity contribution in [3.05, 3.63) is 29.8 Å². The number of esters is 1. The summed E-state index contributed by atoms with van der Waals surface area (Å²) in [6.45, 7) is 5.47. The summed E-state index contributed by atoms with van der Waals surface area (Å²) < 4.78 is 5.27. The zero-order valence-electron chi connectivity index (χ0n) is 11.5. The lowest BCUT2D eigenvalue weighted by Gasteiger charge is -2.22. The van der Waals surface area contributed by atoms with Crippen molar-refractivity contribution in [2.45, 2.75) is 31.7 Å². The van der Waals surface area contributed by atoms with Gasteiger partial charge < -0.3 is 9.64 Å². The van der Waals surface area contributed by atoms with E-state index >= 15 is 0 Å². The Bertz CT molecular complexity index is 424. The molecule has 0 bridgehead atoms. The molecule has 1 aromatic carbocycles. The smallest absolute Gasteiger partial charge is 0.329 e. The largest absolute Gasteiger partial charge is 0.459 e. The van der Waals surface area contributed by atoms with Gasteiger partial charge in [-0.2, -0.15) is 0 Å². The van der Waals surface area contributed by atoms with Crippen LogP contribution in [0.4, 0.5) is 5.69 Å². The van der Waals surface area contributed by atoms with Crippen molar-refractivity contribution in [3.8, 4) is 0 Å². The molecule has 1 rings (SSSR count). The van der Waals surface area contributed by atoms with Gasteiger partial charge in [0.2, 0.25) is 0 Å². The minimum absolute atomic E-state index is 0.417. The summed E-state index contributed by atoms with van der Waals surface area (Å²) in [5.41, 5.74) is 1.22. The van der Waals surface area contributed by atoms with E-state index in [2.05, 4.69) is 0 Å². The topological polar surface area (TPSA) is 29.5 Å². The summed E-state index contributed by atoms with van der Waals surface area (Å²) in [5, 5.41) is -0.774. The lowest BCUT2D eigenvalue weighted by atomic mass is 10.1. The highest BCUT2D eigenvalue weighted by molar-refractivity contribution is 6.30. The molecule has 100 valence electrons. The maximum absolute atomic E-state index is 11.9. The Morgan fingerprint density at radius 3 is 2.44 bits per heavy atom. The molecule has 18 heavy (non-hydrogen) atoms. The highest BCUT2D eigenvalue weighted by atomic mass is 35.5. The minimum Gasteiger partial charge on any atom is -0.459 e. The third-order valence-corrected chi connectivity index (χ3v) is 2.72. The molecule has 1 aromatic rings. The van der Waals surface area contributed by atoms with Gasteiger partial charge in [0.1, 0.15) is 5.60 Å². The average Bonchev–Trinajstić information content (AvgIpc) is 2.26. The normalized spacial score (nSPS) is 13.0. The fourth-order valence-electron chi connectivity index (χ4n) is 1.45. The summed E-state index contributed by atoms with van der Waals surface area (Å²) >= 11 is 6.15. The number of hydrogen-bond donors (Lipinski definition) is 0. The molecule has 0 amide bonds. The molecule has 0 radical (unpaired) electrons. The van der Waals surface area contributed by atoms with E-state index in [9.17, 15) is 4.79 Å². The first-order valence-corrected chi connectivity index (χ1v) is 6.28. The van der Waals surface area contributed by atoms with Crippen LogP contribution in [0.5, 0.6) is 0 Å². The van der Waals surface area contributed by atoms with Gasteiger partial charge in [0.25, 0.3) is 0 Å². The summed E-state index contributed by atoms with van der Waals surface area (Å²) in [6, 6.07) is 7.56. The van der Waals surface area contributed by atoms with Gasteiger partial charge in [0.15, 0.2) is 5.38 Å². The molecular weight excluding hydrogens is 250 g/mol. The maximum Gasteiger partial charge on any atom is 0.329 e. The molecule has 3 nitrogen and oxygen atoms in total. The number of carbonyl (C=O) groups is 1. The van der Waals surface area contributed by atoms with E-state index in [1.165, 1.54) is 0 Å². The van der Waals surface area contributed by atoms with E-state index in [-0.39, 0.29) is 0 Å². The highest BCUT2D eigenvalue weighted by Gasteiger charge is 2.24. The van der Waals surface area contributed by atoms with Gasteiger partial charge in [-0.25, -0.2) is 0 Å². The van der Waals surface area contributed by atoms with Crippen molar-refractivity contribution < 1.29 is 9.53 Å². The number of anilines is 1. The predicted octanol–water partition coefficient (Wildman–Crippen LogP) is 3.37. The van der Waals surface area contributed by atoms with Gasteiger partial charge >= 0.3 is 5.97 Å². The maximum atomic E-state index is 11.9. The molecule has 0 saturated carbocycles. The van der Waals surface area contributed by atoms with E-state index < -0.39 is 16.9 Å². The molecule has 0 aromatic heterocycles. The van der Waals surface area contributed by atoms with Crippen molar-refractivity contribution in [1.29, 1.82) is 0 Å². The molecule has 0 aliphatic carbocycles. The SMILES string of the molecule is CN(C)c1cccc(C(Cl)C(=O)OC(C)(C)C)c1. The highest BCUT2D eigenvalue weighted by Crippen LogP contribution is 2.27. The Hall–Kier alpha value is -1.22. The molecule has 4 heteroatoms. The fraction of sp³-hybridized carbons (Fsp3) is 0.500. The van der Waals surface area contributed by atoms with Crippen LogP contribution in [0, 0.1) is 0 Å². The zero-order valence-corrected chi connectivity index (χ0v) is 12.3. The molecule has 0 fully saturated rings. The van der Waals surface area contributed by atoms with Crippen LogP contribution in [0.3, 0.4) is 0 Å². The van der Waals surface area contributed by atoms with Crippen LogP contribution in [0.15, 0.2) is 24.3 Å². The van der Waals surface area contributed by atoms with Crippen LogP contribution in [0.2, 0.25) is 0 Å². The Morgan fingerprint density at radius 1 is 1.33 bits per heavy atom. The van der Waals surface area contributed by atoms with Crippen LogP contribution >= 0.6 is 11.6 Å². The Morgan fingerprint density at radius 2 is 1.94 bits per heavy atom. The van der Waals surface area contributed by atoms with Gasteiger partial charge in [-0.05, 0) is 38.5 Å². The molecule has 0 spiro atoms. The van der Waals surface area contributed by atoms with Crippen LogP contribution in [0.1, 0.15) is 31.7 Å². The molecule has 1 atom stereocenters. The van der Waals surface area contributed by atoms with E-state index in [0.717, 1.165) is 11.3 Å². The summed E-state index contributed by atoms with van der Waals surface area (Å²) in [5.74, 6) is -0.417. The first-order chi connectivity index (χ1) is 8.20. The lowest BCUT2D eigenvalue weighted by molar-refractivity contribution is -0.154. The molecule has 1 unspecified atom stereocenters. The Kier molecular flexibility index (Phi) is 4.63. The number of rotatable bonds is 3. The van der Waals surface area contributed by atoms with Gasteiger partial charge in [-0.15, -0.1) is 11.6 Å². The molecule has 0 heterocycles. The first kappa shape index (κ1) is 14.8. The Balaban J connectivity index is 2.87. The summed E-state index contributed by atoms with van der Waals surface area (Å²) in [7, 11) is 3.88. The zero-order chi connectivity index (χ0) is 13.9. The van der Waals surface area contributed by atoms with Crippen LogP contribution in [0.25, 0.3) is 0 Å². The summed E-state index contributed by atoms with van der Waals surface area (Å²) in [4.78, 5) is 13.8. The third kappa shape index (κ3) is 4.22. The van der Waals surface area contributed by atoms with Crippen molar-refractivity contribution in [1.82, 2.24) is 0 Å². The van der Waals surface area contributed by atoms with Gasteiger partial charge in [0.05, 0.1) is 0 Å². The van der Waals surface area contributed by atoms with Crippen molar-refractivity contribution >= 4 is 23.3 Å². The van der Waals surface area contributed by atoms with Gasteiger partial charge in [0, 0.05) is 19.8 Å². The second-order valence-electron chi connectivity index (χ2n) is 5.39. The van der Waals surface area contributed by atoms with E-state index in [1.54, 1.807) is 0 Å². The molecular formula is C14H20ClNO2. The monoisotopic (exact) mass is 269 g/mol. The van der Waals surface area contributed by atoms with Crippen LogP contribution in [-0.4, -0.2) is 25.7 Å². The number of alkyl halides is 1. The number of hydrogen-bond acceptors (Lipinski definition) is 3. The van der Waals surface area contributed by atoms with E-state index in [0.29, 0.717) is 0 Å². The Labute approximate surface area is 114 Å². The second-order valence-corrected chi connectivity index (χ2v) is 5.82. The van der Waals surface area contributed by atoms with Gasteiger partial charge in [-0.1, -0.05) is 12.1 Å². The number of nitrogens with zero attached hydrogens (tertiary/aromatic N) is 1. The first-order valence-electron chi connectivity index (χ1n) is 5.85. The molecule has 0 aliphatic heterocycles. The number of benzene rings is 1. The van der Waals surface area contributed by atoms with E-state index in [4.69, 9.17) is 16.3 Å². The number of ether oxygens (including phenoxy) is 1. The van der Waals surface area contributed by atoms with Crippen molar-refractivity contribution in [3.63, 3.8) is 0 Å². The molecule has 0 aliphatic rings. The summed E-state index contributed by atoms with van der Waals surface area (Å²) in [6.07, 6.45) is 0. The van der Waals surface area contributed by atoms with Crippen molar-refractivity contribution in [2.75, 3.05) is 19.0 Å². The fourth-order valence-corrected chi connectivity index (χ4v) is 1.63. The quantitative estimate of drug-likeness (QED) is 0.622. The standard InChI is InChI=1S/C14H20ClNO2/c1-14(2,3)18-13(17)12(15)10-7-6-8-11(9-10)16(4)5/h6-9,12H,1-5H3.